The first-order chi connectivity index (χ1) is 15.2. The zero-order valence-corrected chi connectivity index (χ0v) is 18.3. The number of benzene rings is 2. The van der Waals surface area contributed by atoms with E-state index in [4.69, 9.17) is 0 Å². The molecule has 2 heterocycles. The first-order valence-corrected chi connectivity index (χ1v) is 10.7. The number of rotatable bonds is 5. The summed E-state index contributed by atoms with van der Waals surface area (Å²) >= 11 is 0. The summed E-state index contributed by atoms with van der Waals surface area (Å²) in [6.45, 7) is 5.70. The minimum atomic E-state index is -1.43. The molecule has 2 aliphatic rings. The number of amides is 4. The van der Waals surface area contributed by atoms with E-state index in [0.717, 1.165) is 0 Å². The van der Waals surface area contributed by atoms with Crippen molar-refractivity contribution in [2.75, 3.05) is 22.1 Å². The highest BCUT2D eigenvalue weighted by Crippen LogP contribution is 2.45. The van der Waals surface area contributed by atoms with Crippen LogP contribution in [0.5, 0.6) is 0 Å². The highest BCUT2D eigenvalue weighted by atomic mass is 16.2. The molecule has 4 rings (SSSR count). The van der Waals surface area contributed by atoms with Crippen LogP contribution in [0.1, 0.15) is 44.0 Å². The van der Waals surface area contributed by atoms with Gasteiger partial charge in [-0.1, -0.05) is 26.0 Å². The van der Waals surface area contributed by atoms with Crippen LogP contribution in [0.2, 0.25) is 0 Å². The minimum absolute atomic E-state index is 0.100. The molecule has 8 nitrogen and oxygen atoms in total. The summed E-state index contributed by atoms with van der Waals surface area (Å²) in [5.74, 6) is -0.960. The van der Waals surface area contributed by atoms with E-state index in [1.165, 1.54) is 11.8 Å². The lowest BCUT2D eigenvalue weighted by atomic mass is 9.94. The highest BCUT2D eigenvalue weighted by Gasteiger charge is 2.60. The van der Waals surface area contributed by atoms with Gasteiger partial charge in [0, 0.05) is 37.7 Å². The molecular formula is C24H26N4O4. The average molecular weight is 434 g/mol. The molecule has 166 valence electrons. The summed E-state index contributed by atoms with van der Waals surface area (Å²) in [5.41, 5.74) is 0.578. The standard InChI is InChI=1S/C24H26N4O4/c1-15(2)14-27-22(31)19-6-4-5-7-20(19)28-21(30)12-13-24(27,28)23(32)26-18-10-8-17(9-11-18)25-16(3)29/h4-11,15H,12-14H2,1-3H3,(H,25,29)(H,26,32). The fourth-order valence-corrected chi connectivity index (χ4v) is 4.47. The maximum absolute atomic E-state index is 13.8. The molecule has 1 fully saturated rings. The SMILES string of the molecule is CC(=O)Nc1ccc(NC(=O)C23CCC(=O)N2c2ccccc2C(=O)N3CC(C)C)cc1. The Hall–Kier alpha value is -3.68. The molecule has 32 heavy (non-hydrogen) atoms. The summed E-state index contributed by atoms with van der Waals surface area (Å²) in [4.78, 5) is 54.5. The number of hydrogen-bond acceptors (Lipinski definition) is 4. The summed E-state index contributed by atoms with van der Waals surface area (Å²) in [5, 5.41) is 5.57. The third-order valence-corrected chi connectivity index (χ3v) is 5.75. The molecule has 2 aromatic rings. The molecule has 0 radical (unpaired) electrons. The van der Waals surface area contributed by atoms with Crippen molar-refractivity contribution in [2.24, 2.45) is 5.92 Å². The molecule has 0 bridgehead atoms. The Kier molecular flexibility index (Phi) is 5.46. The van der Waals surface area contributed by atoms with Gasteiger partial charge in [-0.05, 0) is 42.3 Å². The lowest BCUT2D eigenvalue weighted by Crippen LogP contribution is -2.69. The van der Waals surface area contributed by atoms with Crippen molar-refractivity contribution in [1.82, 2.24) is 4.90 Å². The number of fused-ring (bicyclic) bond motifs is 3. The third-order valence-electron chi connectivity index (χ3n) is 5.75. The Morgan fingerprint density at radius 2 is 1.62 bits per heavy atom. The predicted molar refractivity (Wildman–Crippen MR) is 121 cm³/mol. The van der Waals surface area contributed by atoms with E-state index < -0.39 is 11.6 Å². The van der Waals surface area contributed by atoms with Gasteiger partial charge in [-0.15, -0.1) is 0 Å². The number of anilines is 3. The molecule has 1 saturated heterocycles. The quantitative estimate of drug-likeness (QED) is 0.755. The maximum Gasteiger partial charge on any atom is 0.271 e. The van der Waals surface area contributed by atoms with Crippen LogP contribution in [0.3, 0.4) is 0 Å². The zero-order valence-electron chi connectivity index (χ0n) is 18.3. The third kappa shape index (κ3) is 3.51. The smallest absolute Gasteiger partial charge is 0.271 e. The van der Waals surface area contributed by atoms with E-state index >= 15 is 0 Å². The normalized spacial score (nSPS) is 19.6. The van der Waals surface area contributed by atoms with E-state index in [9.17, 15) is 19.2 Å². The van der Waals surface area contributed by atoms with Crippen LogP contribution < -0.4 is 15.5 Å². The van der Waals surface area contributed by atoms with E-state index in [1.54, 1.807) is 53.4 Å². The van der Waals surface area contributed by atoms with Crippen LogP contribution in [-0.2, 0) is 14.4 Å². The van der Waals surface area contributed by atoms with Gasteiger partial charge in [0.2, 0.25) is 17.5 Å². The Morgan fingerprint density at radius 1 is 1.00 bits per heavy atom. The van der Waals surface area contributed by atoms with E-state index in [1.807, 2.05) is 13.8 Å². The Bertz CT molecular complexity index is 1100. The van der Waals surface area contributed by atoms with Crippen molar-refractivity contribution in [1.29, 1.82) is 0 Å². The fraction of sp³-hybridized carbons (Fsp3) is 0.333. The number of nitrogens with one attached hydrogen (secondary N) is 2. The van der Waals surface area contributed by atoms with Crippen molar-refractivity contribution in [2.45, 2.75) is 39.3 Å². The molecule has 4 amide bonds. The number of para-hydroxylation sites is 1. The van der Waals surface area contributed by atoms with Crippen molar-refractivity contribution >= 4 is 40.7 Å². The van der Waals surface area contributed by atoms with E-state index in [2.05, 4.69) is 10.6 Å². The van der Waals surface area contributed by atoms with Gasteiger partial charge >= 0.3 is 0 Å². The molecule has 0 spiro atoms. The van der Waals surface area contributed by atoms with Crippen molar-refractivity contribution in [3.05, 3.63) is 54.1 Å². The molecule has 2 aliphatic heterocycles. The lowest BCUT2D eigenvalue weighted by Gasteiger charge is -2.49. The van der Waals surface area contributed by atoms with Gasteiger partial charge in [0.1, 0.15) is 0 Å². The summed E-state index contributed by atoms with van der Waals surface area (Å²) in [6, 6.07) is 13.6. The molecule has 0 aromatic heterocycles. The van der Waals surface area contributed by atoms with Gasteiger partial charge in [-0.2, -0.15) is 0 Å². The minimum Gasteiger partial charge on any atom is -0.326 e. The van der Waals surface area contributed by atoms with Crippen molar-refractivity contribution in [3.63, 3.8) is 0 Å². The molecule has 0 saturated carbocycles. The van der Waals surface area contributed by atoms with Gasteiger partial charge in [0.25, 0.3) is 11.8 Å². The zero-order chi connectivity index (χ0) is 23.0. The van der Waals surface area contributed by atoms with Gasteiger partial charge in [0.05, 0.1) is 11.3 Å². The van der Waals surface area contributed by atoms with Crippen LogP contribution in [0.15, 0.2) is 48.5 Å². The second kappa shape index (κ2) is 8.11. The number of hydrogen-bond donors (Lipinski definition) is 2. The number of nitrogens with zero attached hydrogens (tertiary/aromatic N) is 2. The summed E-state index contributed by atoms with van der Waals surface area (Å²) in [6.07, 6.45) is 0.388. The van der Waals surface area contributed by atoms with Crippen LogP contribution in [0, 0.1) is 5.92 Å². The second-order valence-corrected chi connectivity index (χ2v) is 8.59. The summed E-state index contributed by atoms with van der Waals surface area (Å²) in [7, 11) is 0. The molecule has 2 aromatic carbocycles. The average Bonchev–Trinajstić information content (AvgIpc) is 3.10. The maximum atomic E-state index is 13.8. The molecule has 2 N–H and O–H groups in total. The molecule has 0 aliphatic carbocycles. The summed E-state index contributed by atoms with van der Waals surface area (Å²) < 4.78 is 0. The molecular weight excluding hydrogens is 408 g/mol. The Balaban J connectivity index is 1.74. The highest BCUT2D eigenvalue weighted by molar-refractivity contribution is 6.18. The van der Waals surface area contributed by atoms with E-state index in [0.29, 0.717) is 29.2 Å². The van der Waals surface area contributed by atoms with Crippen LogP contribution >= 0.6 is 0 Å². The first-order valence-electron chi connectivity index (χ1n) is 10.7. The Labute approximate surface area is 186 Å². The molecule has 1 unspecified atom stereocenters. The Morgan fingerprint density at radius 3 is 2.25 bits per heavy atom. The molecule has 1 atom stereocenters. The topological polar surface area (TPSA) is 98.8 Å². The second-order valence-electron chi connectivity index (χ2n) is 8.59. The van der Waals surface area contributed by atoms with Gasteiger partial charge < -0.3 is 15.5 Å². The van der Waals surface area contributed by atoms with Crippen LogP contribution in [0.4, 0.5) is 17.1 Å². The lowest BCUT2D eigenvalue weighted by molar-refractivity contribution is -0.129. The fourth-order valence-electron chi connectivity index (χ4n) is 4.47. The van der Waals surface area contributed by atoms with Gasteiger partial charge in [-0.25, -0.2) is 0 Å². The van der Waals surface area contributed by atoms with Crippen LogP contribution in [0.25, 0.3) is 0 Å². The van der Waals surface area contributed by atoms with E-state index in [-0.39, 0.29) is 36.5 Å². The van der Waals surface area contributed by atoms with Gasteiger partial charge in [0.15, 0.2) is 0 Å². The largest absolute Gasteiger partial charge is 0.326 e. The van der Waals surface area contributed by atoms with Crippen molar-refractivity contribution in [3.8, 4) is 0 Å². The van der Waals surface area contributed by atoms with Gasteiger partial charge in [-0.3, -0.25) is 24.1 Å². The number of carbonyl (C=O) groups excluding carboxylic acids is 4. The number of carbonyl (C=O) groups is 4. The van der Waals surface area contributed by atoms with Crippen molar-refractivity contribution < 1.29 is 19.2 Å². The van der Waals surface area contributed by atoms with Crippen LogP contribution in [-0.4, -0.2) is 40.7 Å². The predicted octanol–water partition coefficient (Wildman–Crippen LogP) is 3.22. The monoisotopic (exact) mass is 434 g/mol. The first kappa shape index (κ1) is 21.5. The molecule has 8 heteroatoms.